The summed E-state index contributed by atoms with van der Waals surface area (Å²) in [5.74, 6) is -2.35. The van der Waals surface area contributed by atoms with Gasteiger partial charge in [0.05, 0.1) is 10.2 Å². The number of aromatic nitrogens is 1. The molecule has 0 N–H and O–H groups in total. The molecule has 0 aliphatic heterocycles. The molecular formula is C18H16F2N2OS. The fourth-order valence-corrected chi connectivity index (χ4v) is 3.53. The van der Waals surface area contributed by atoms with Crippen molar-refractivity contribution in [3.05, 3.63) is 64.0 Å². The van der Waals surface area contributed by atoms with E-state index in [1.54, 1.807) is 11.6 Å². The summed E-state index contributed by atoms with van der Waals surface area (Å²) in [6, 6.07) is 9.36. The molecule has 1 amide bonds. The second-order valence-electron chi connectivity index (χ2n) is 5.84. The van der Waals surface area contributed by atoms with Crippen molar-refractivity contribution < 1.29 is 13.6 Å². The number of hydrogen-bond donors (Lipinski definition) is 0. The van der Waals surface area contributed by atoms with E-state index in [4.69, 9.17) is 0 Å². The van der Waals surface area contributed by atoms with Crippen LogP contribution in [0.1, 0.15) is 35.7 Å². The van der Waals surface area contributed by atoms with E-state index in [1.807, 2.05) is 12.1 Å². The third-order valence-electron chi connectivity index (χ3n) is 3.87. The first-order chi connectivity index (χ1) is 11.4. The Bertz CT molecular complexity index is 982. The van der Waals surface area contributed by atoms with E-state index in [-0.39, 0.29) is 0 Å². The van der Waals surface area contributed by atoms with E-state index in [1.165, 1.54) is 23.0 Å². The molecule has 124 valence electrons. The van der Waals surface area contributed by atoms with Crippen LogP contribution in [-0.4, -0.2) is 10.5 Å². The Morgan fingerprint density at radius 3 is 2.46 bits per heavy atom. The average Bonchev–Trinajstić information content (AvgIpc) is 2.82. The molecule has 0 saturated heterocycles. The third-order valence-corrected chi connectivity index (χ3v) is 4.97. The lowest BCUT2D eigenvalue weighted by Gasteiger charge is -2.04. The Labute approximate surface area is 141 Å². The van der Waals surface area contributed by atoms with Crippen molar-refractivity contribution in [3.63, 3.8) is 0 Å². The Morgan fingerprint density at radius 1 is 1.17 bits per heavy atom. The van der Waals surface area contributed by atoms with Crippen LogP contribution in [-0.2, 0) is 7.05 Å². The normalized spacial score (nSPS) is 12.3. The minimum Gasteiger partial charge on any atom is -0.319 e. The molecule has 1 aromatic heterocycles. The quantitative estimate of drug-likeness (QED) is 0.678. The maximum atomic E-state index is 13.7. The number of hydrogen-bond acceptors (Lipinski definition) is 2. The summed E-state index contributed by atoms with van der Waals surface area (Å²) in [6.45, 7) is 4.20. The van der Waals surface area contributed by atoms with Crippen molar-refractivity contribution in [2.24, 2.45) is 12.0 Å². The highest BCUT2D eigenvalue weighted by atomic mass is 32.1. The first kappa shape index (κ1) is 16.5. The molecule has 24 heavy (non-hydrogen) atoms. The van der Waals surface area contributed by atoms with Gasteiger partial charge in [-0.25, -0.2) is 8.78 Å². The number of amides is 1. The number of thiazole rings is 1. The molecule has 0 atom stereocenters. The van der Waals surface area contributed by atoms with Gasteiger partial charge in [0.25, 0.3) is 5.91 Å². The van der Waals surface area contributed by atoms with Gasteiger partial charge in [0.2, 0.25) is 0 Å². The number of nitrogens with zero attached hydrogens (tertiary/aromatic N) is 2. The molecule has 0 saturated carbocycles. The van der Waals surface area contributed by atoms with E-state index < -0.39 is 23.1 Å². The summed E-state index contributed by atoms with van der Waals surface area (Å²) in [5.41, 5.74) is 1.48. The first-order valence-electron chi connectivity index (χ1n) is 7.51. The zero-order valence-corrected chi connectivity index (χ0v) is 14.3. The first-order valence-corrected chi connectivity index (χ1v) is 8.32. The molecule has 3 nitrogen and oxygen atoms in total. The van der Waals surface area contributed by atoms with E-state index in [2.05, 4.69) is 24.9 Å². The van der Waals surface area contributed by atoms with Crippen LogP contribution in [0.3, 0.4) is 0 Å². The Morgan fingerprint density at radius 2 is 1.83 bits per heavy atom. The van der Waals surface area contributed by atoms with Gasteiger partial charge in [-0.2, -0.15) is 4.99 Å². The molecule has 0 radical (unpaired) electrons. The van der Waals surface area contributed by atoms with Crippen molar-refractivity contribution >= 4 is 27.5 Å². The van der Waals surface area contributed by atoms with Crippen LogP contribution in [0.25, 0.3) is 10.2 Å². The monoisotopic (exact) mass is 346 g/mol. The van der Waals surface area contributed by atoms with Gasteiger partial charge in [-0.15, -0.1) is 0 Å². The van der Waals surface area contributed by atoms with Gasteiger partial charge in [-0.05, 0) is 35.7 Å². The Hall–Kier alpha value is -2.34. The predicted octanol–water partition coefficient (Wildman–Crippen LogP) is 4.38. The van der Waals surface area contributed by atoms with Crippen LogP contribution in [0, 0.1) is 11.6 Å². The number of aryl methyl sites for hydroxylation is 1. The molecular weight excluding hydrogens is 330 g/mol. The van der Waals surface area contributed by atoms with Gasteiger partial charge >= 0.3 is 0 Å². The molecule has 0 aliphatic rings. The van der Waals surface area contributed by atoms with Crippen molar-refractivity contribution in [2.75, 3.05) is 0 Å². The number of halogens is 2. The summed E-state index contributed by atoms with van der Waals surface area (Å²) in [5, 5.41) is 0. The lowest BCUT2D eigenvalue weighted by molar-refractivity contribution is 0.0990. The van der Waals surface area contributed by atoms with Gasteiger partial charge in [-0.1, -0.05) is 37.3 Å². The van der Waals surface area contributed by atoms with Crippen LogP contribution in [0.15, 0.2) is 41.4 Å². The summed E-state index contributed by atoms with van der Waals surface area (Å²) < 4.78 is 30.2. The second kappa shape index (κ2) is 6.28. The van der Waals surface area contributed by atoms with Gasteiger partial charge in [-0.3, -0.25) is 4.79 Å². The van der Waals surface area contributed by atoms with Gasteiger partial charge < -0.3 is 4.57 Å². The lowest BCUT2D eigenvalue weighted by atomic mass is 10.0. The standard InChI is InChI=1S/C18H16F2N2OS/c1-10(2)11-7-8-14-15(9-11)24-18(22(14)3)21-17(23)16-12(19)5-4-6-13(16)20/h4-10H,1-3H3. The van der Waals surface area contributed by atoms with Crippen LogP contribution in [0.4, 0.5) is 8.78 Å². The second-order valence-corrected chi connectivity index (χ2v) is 6.85. The number of fused-ring (bicyclic) bond motifs is 1. The molecule has 0 bridgehead atoms. The molecule has 0 fully saturated rings. The summed E-state index contributed by atoms with van der Waals surface area (Å²) in [4.78, 5) is 16.5. The number of carbonyl (C=O) groups excluding carboxylic acids is 1. The smallest absolute Gasteiger partial charge is 0.285 e. The van der Waals surface area contributed by atoms with Crippen molar-refractivity contribution in [2.45, 2.75) is 19.8 Å². The fourth-order valence-electron chi connectivity index (χ4n) is 2.46. The fraction of sp³-hybridized carbons (Fsp3) is 0.222. The molecule has 3 rings (SSSR count). The van der Waals surface area contributed by atoms with Gasteiger partial charge in [0.1, 0.15) is 17.2 Å². The Kier molecular flexibility index (Phi) is 4.32. The topological polar surface area (TPSA) is 34.4 Å². The maximum absolute atomic E-state index is 13.7. The van der Waals surface area contributed by atoms with Gasteiger partial charge in [0.15, 0.2) is 4.80 Å². The minimum atomic E-state index is -0.920. The third kappa shape index (κ3) is 2.89. The molecule has 0 spiro atoms. The molecule has 2 aromatic carbocycles. The highest BCUT2D eigenvalue weighted by Crippen LogP contribution is 2.23. The molecule has 6 heteroatoms. The van der Waals surface area contributed by atoms with Crippen LogP contribution in [0.5, 0.6) is 0 Å². The van der Waals surface area contributed by atoms with Crippen molar-refractivity contribution in [1.29, 1.82) is 0 Å². The van der Waals surface area contributed by atoms with E-state index >= 15 is 0 Å². The van der Waals surface area contributed by atoms with Gasteiger partial charge in [0, 0.05) is 7.05 Å². The van der Waals surface area contributed by atoms with Crippen LogP contribution < -0.4 is 4.80 Å². The number of carbonyl (C=O) groups is 1. The number of benzene rings is 2. The zero-order valence-electron chi connectivity index (χ0n) is 13.5. The SMILES string of the molecule is CC(C)c1ccc2c(c1)sc(=NC(=O)c1c(F)cccc1F)n2C. The van der Waals surface area contributed by atoms with E-state index in [9.17, 15) is 13.6 Å². The highest BCUT2D eigenvalue weighted by Gasteiger charge is 2.17. The summed E-state index contributed by atoms with van der Waals surface area (Å²) in [6.07, 6.45) is 0. The summed E-state index contributed by atoms with van der Waals surface area (Å²) in [7, 11) is 1.78. The average molecular weight is 346 g/mol. The van der Waals surface area contributed by atoms with Crippen LogP contribution in [0.2, 0.25) is 0 Å². The molecule has 0 unspecified atom stereocenters. The minimum absolute atomic E-state index is 0.385. The largest absolute Gasteiger partial charge is 0.319 e. The summed E-state index contributed by atoms with van der Waals surface area (Å²) >= 11 is 1.32. The van der Waals surface area contributed by atoms with Crippen molar-refractivity contribution in [3.8, 4) is 0 Å². The van der Waals surface area contributed by atoms with Crippen LogP contribution >= 0.6 is 11.3 Å². The zero-order chi connectivity index (χ0) is 17.4. The molecule has 1 heterocycles. The Balaban J connectivity index is 2.13. The highest BCUT2D eigenvalue weighted by molar-refractivity contribution is 7.16. The van der Waals surface area contributed by atoms with Crippen molar-refractivity contribution in [1.82, 2.24) is 4.57 Å². The predicted molar refractivity (Wildman–Crippen MR) is 91.1 cm³/mol. The maximum Gasteiger partial charge on any atom is 0.285 e. The molecule has 3 aromatic rings. The van der Waals surface area contributed by atoms with E-state index in [0.29, 0.717) is 10.7 Å². The van der Waals surface area contributed by atoms with E-state index in [0.717, 1.165) is 22.3 Å². The lowest BCUT2D eigenvalue weighted by Crippen LogP contribution is -2.14. The number of rotatable bonds is 2. The molecule has 0 aliphatic carbocycles.